The zero-order chi connectivity index (χ0) is 17.8. The number of aromatic nitrogens is 6. The lowest BCUT2D eigenvalue weighted by Crippen LogP contribution is -2.26. The minimum atomic E-state index is -0.138. The zero-order valence-corrected chi connectivity index (χ0v) is 14.0. The molecule has 0 saturated heterocycles. The maximum Gasteiger partial charge on any atom is 0.252 e. The number of hydrogen-bond donors (Lipinski definition) is 2. The van der Waals surface area contributed by atoms with Gasteiger partial charge in [0.25, 0.3) is 5.91 Å². The van der Waals surface area contributed by atoms with Gasteiger partial charge in [0.2, 0.25) is 0 Å². The number of carbonyl (C=O) groups excluding carboxylic acids is 1. The molecule has 0 atom stereocenters. The number of rotatable bonds is 6. The molecule has 2 heterocycles. The number of para-hydroxylation sites is 1. The number of amides is 1. The number of benzene rings is 2. The van der Waals surface area contributed by atoms with Gasteiger partial charge in [0, 0.05) is 18.7 Å². The second-order valence-electron chi connectivity index (χ2n) is 5.79. The number of aryl methyl sites for hydroxylation is 1. The number of nitrogens with zero attached hydrogens (tertiary/aromatic N) is 5. The Bertz CT molecular complexity index is 1020. The molecule has 8 heteroatoms. The molecule has 0 bridgehead atoms. The standard InChI is InChI=1S/C18H17N7O/c26-18(14-7-2-1-6-13(14)17-20-12-21-23-17)19-10-5-11-25-16-9-4-3-8-15(16)22-24-25/h1-4,6-9,12H,5,10-11H2,(H,19,26)(H,20,21,23). The Hall–Kier alpha value is -3.55. The van der Waals surface area contributed by atoms with Gasteiger partial charge in [-0.15, -0.1) is 5.10 Å². The Morgan fingerprint density at radius 2 is 1.96 bits per heavy atom. The molecular formula is C18H17N7O. The highest BCUT2D eigenvalue weighted by molar-refractivity contribution is 6.00. The summed E-state index contributed by atoms with van der Waals surface area (Å²) in [5.41, 5.74) is 3.16. The van der Waals surface area contributed by atoms with Crippen LogP contribution in [0.3, 0.4) is 0 Å². The van der Waals surface area contributed by atoms with E-state index >= 15 is 0 Å². The van der Waals surface area contributed by atoms with Gasteiger partial charge >= 0.3 is 0 Å². The van der Waals surface area contributed by atoms with Gasteiger partial charge in [-0.1, -0.05) is 35.5 Å². The summed E-state index contributed by atoms with van der Waals surface area (Å²) in [7, 11) is 0. The molecule has 130 valence electrons. The van der Waals surface area contributed by atoms with Crippen molar-refractivity contribution in [2.24, 2.45) is 0 Å². The number of carbonyl (C=O) groups is 1. The van der Waals surface area contributed by atoms with Crippen molar-refractivity contribution in [2.45, 2.75) is 13.0 Å². The predicted molar refractivity (Wildman–Crippen MR) is 96.3 cm³/mol. The first kappa shape index (κ1) is 15.9. The van der Waals surface area contributed by atoms with Crippen LogP contribution in [0.1, 0.15) is 16.8 Å². The monoisotopic (exact) mass is 347 g/mol. The molecule has 0 fully saturated rings. The van der Waals surface area contributed by atoms with Crippen LogP contribution in [0.15, 0.2) is 54.9 Å². The lowest BCUT2D eigenvalue weighted by molar-refractivity contribution is 0.0953. The van der Waals surface area contributed by atoms with Crippen molar-refractivity contribution in [1.29, 1.82) is 0 Å². The van der Waals surface area contributed by atoms with Crippen LogP contribution in [-0.4, -0.2) is 42.6 Å². The van der Waals surface area contributed by atoms with E-state index in [-0.39, 0.29) is 5.91 Å². The van der Waals surface area contributed by atoms with Crippen LogP contribution in [0, 0.1) is 0 Å². The summed E-state index contributed by atoms with van der Waals surface area (Å²) in [6.07, 6.45) is 2.18. The van der Waals surface area contributed by atoms with Crippen molar-refractivity contribution in [3.63, 3.8) is 0 Å². The largest absolute Gasteiger partial charge is 0.352 e. The topological polar surface area (TPSA) is 101 Å². The maximum absolute atomic E-state index is 12.5. The Balaban J connectivity index is 1.38. The molecule has 1 amide bonds. The lowest BCUT2D eigenvalue weighted by Gasteiger charge is -2.08. The van der Waals surface area contributed by atoms with Crippen LogP contribution in [0.25, 0.3) is 22.4 Å². The molecule has 4 aromatic rings. The first-order valence-corrected chi connectivity index (χ1v) is 8.34. The molecule has 2 aromatic heterocycles. The number of aromatic amines is 1. The van der Waals surface area contributed by atoms with Crippen molar-refractivity contribution in [3.8, 4) is 11.4 Å². The van der Waals surface area contributed by atoms with E-state index < -0.39 is 0 Å². The first-order chi connectivity index (χ1) is 12.8. The molecule has 0 spiro atoms. The average Bonchev–Trinajstić information content (AvgIpc) is 3.35. The quantitative estimate of drug-likeness (QED) is 0.520. The molecule has 0 saturated carbocycles. The van der Waals surface area contributed by atoms with E-state index in [9.17, 15) is 4.79 Å². The molecular weight excluding hydrogens is 330 g/mol. The van der Waals surface area contributed by atoms with E-state index in [1.54, 1.807) is 6.07 Å². The van der Waals surface area contributed by atoms with Gasteiger partial charge < -0.3 is 5.32 Å². The Morgan fingerprint density at radius 3 is 2.85 bits per heavy atom. The highest BCUT2D eigenvalue weighted by atomic mass is 16.1. The molecule has 0 aliphatic carbocycles. The maximum atomic E-state index is 12.5. The normalized spacial score (nSPS) is 10.9. The third kappa shape index (κ3) is 3.16. The zero-order valence-electron chi connectivity index (χ0n) is 14.0. The van der Waals surface area contributed by atoms with Crippen molar-refractivity contribution in [2.75, 3.05) is 6.54 Å². The van der Waals surface area contributed by atoms with E-state index in [1.165, 1.54) is 6.33 Å². The minimum absolute atomic E-state index is 0.138. The molecule has 8 nitrogen and oxygen atoms in total. The van der Waals surface area contributed by atoms with Crippen LogP contribution in [0.4, 0.5) is 0 Å². The number of hydrogen-bond acceptors (Lipinski definition) is 5. The Kier molecular flexibility index (Phi) is 4.38. The number of nitrogens with one attached hydrogen (secondary N) is 2. The Labute approximate surface area is 149 Å². The van der Waals surface area contributed by atoms with Gasteiger partial charge in [-0.05, 0) is 24.6 Å². The summed E-state index contributed by atoms with van der Waals surface area (Å²) < 4.78 is 1.85. The highest BCUT2D eigenvalue weighted by Crippen LogP contribution is 2.19. The van der Waals surface area contributed by atoms with Crippen LogP contribution in [-0.2, 0) is 6.54 Å². The van der Waals surface area contributed by atoms with E-state index in [0.717, 1.165) is 23.0 Å². The van der Waals surface area contributed by atoms with Gasteiger partial charge in [-0.3, -0.25) is 9.89 Å². The van der Waals surface area contributed by atoms with Crippen LogP contribution < -0.4 is 5.32 Å². The van der Waals surface area contributed by atoms with Crippen LogP contribution >= 0.6 is 0 Å². The summed E-state index contributed by atoms with van der Waals surface area (Å²) in [4.78, 5) is 16.6. The smallest absolute Gasteiger partial charge is 0.252 e. The number of fused-ring (bicyclic) bond motifs is 1. The van der Waals surface area contributed by atoms with Gasteiger partial charge in [0.15, 0.2) is 5.82 Å². The fraction of sp³-hybridized carbons (Fsp3) is 0.167. The SMILES string of the molecule is O=C(NCCCn1nnc2ccccc21)c1ccccc1-c1ncn[nH]1. The van der Waals surface area contributed by atoms with Gasteiger partial charge in [0.1, 0.15) is 11.8 Å². The van der Waals surface area contributed by atoms with Crippen molar-refractivity contribution in [1.82, 2.24) is 35.5 Å². The van der Waals surface area contributed by atoms with E-state index in [0.29, 0.717) is 24.5 Å². The van der Waals surface area contributed by atoms with Crippen LogP contribution in [0.2, 0.25) is 0 Å². The number of H-pyrrole nitrogens is 1. The van der Waals surface area contributed by atoms with Crippen molar-refractivity contribution >= 4 is 16.9 Å². The van der Waals surface area contributed by atoms with Gasteiger partial charge in [-0.2, -0.15) is 5.10 Å². The van der Waals surface area contributed by atoms with Crippen LogP contribution in [0.5, 0.6) is 0 Å². The first-order valence-electron chi connectivity index (χ1n) is 8.34. The molecule has 0 aliphatic heterocycles. The molecule has 2 N–H and O–H groups in total. The summed E-state index contributed by atoms with van der Waals surface area (Å²) in [6, 6.07) is 15.1. The molecule has 2 aromatic carbocycles. The van der Waals surface area contributed by atoms with E-state index in [4.69, 9.17) is 0 Å². The fourth-order valence-corrected chi connectivity index (χ4v) is 2.83. The van der Waals surface area contributed by atoms with E-state index in [1.807, 2.05) is 47.1 Å². The molecule has 0 unspecified atom stereocenters. The fourth-order valence-electron chi connectivity index (χ4n) is 2.83. The predicted octanol–water partition coefficient (Wildman–Crippen LogP) is 2.04. The van der Waals surface area contributed by atoms with Gasteiger partial charge in [-0.25, -0.2) is 9.67 Å². The molecule has 0 radical (unpaired) electrons. The van der Waals surface area contributed by atoms with Crippen molar-refractivity contribution < 1.29 is 4.79 Å². The lowest BCUT2D eigenvalue weighted by atomic mass is 10.1. The molecule has 4 rings (SSSR count). The Morgan fingerprint density at radius 1 is 1.12 bits per heavy atom. The minimum Gasteiger partial charge on any atom is -0.352 e. The average molecular weight is 347 g/mol. The van der Waals surface area contributed by atoms with Crippen molar-refractivity contribution in [3.05, 3.63) is 60.4 Å². The summed E-state index contributed by atoms with van der Waals surface area (Å²) in [6.45, 7) is 1.22. The van der Waals surface area contributed by atoms with Gasteiger partial charge in [0.05, 0.1) is 11.1 Å². The second-order valence-corrected chi connectivity index (χ2v) is 5.79. The second kappa shape index (κ2) is 7.14. The summed E-state index contributed by atoms with van der Waals surface area (Å²) in [5, 5.41) is 17.9. The third-order valence-corrected chi connectivity index (χ3v) is 4.09. The summed E-state index contributed by atoms with van der Waals surface area (Å²) >= 11 is 0. The third-order valence-electron chi connectivity index (χ3n) is 4.09. The molecule has 26 heavy (non-hydrogen) atoms. The van der Waals surface area contributed by atoms with E-state index in [2.05, 4.69) is 30.8 Å². The highest BCUT2D eigenvalue weighted by Gasteiger charge is 2.13. The molecule has 0 aliphatic rings. The summed E-state index contributed by atoms with van der Waals surface area (Å²) in [5.74, 6) is 0.435.